The van der Waals surface area contributed by atoms with E-state index >= 15 is 0 Å². The van der Waals surface area contributed by atoms with E-state index in [1.165, 1.54) is 0 Å². The highest BCUT2D eigenvalue weighted by molar-refractivity contribution is 4.35. The van der Waals surface area contributed by atoms with Crippen molar-refractivity contribution in [2.75, 3.05) is 120 Å². The summed E-state index contributed by atoms with van der Waals surface area (Å²) in [6.07, 6.45) is 0. The van der Waals surface area contributed by atoms with Crippen molar-refractivity contribution in [2.45, 2.75) is 0 Å². The third kappa shape index (κ3) is 35.4. The fraction of sp³-hybridized carbons (Fsp3) is 1.00. The van der Waals surface area contributed by atoms with E-state index in [4.69, 9.17) is 48.4 Å². The number of ether oxygens (including phenoxy) is 7. The zero-order valence-electron chi connectivity index (χ0n) is 17.9. The molecule has 0 aromatic carbocycles. The van der Waals surface area contributed by atoms with Crippen molar-refractivity contribution in [1.29, 1.82) is 0 Å². The lowest BCUT2D eigenvalue weighted by Crippen LogP contribution is -2.14. The third-order valence-electron chi connectivity index (χ3n) is 2.66. The first kappa shape index (κ1) is 30.8. The first-order valence-electron chi connectivity index (χ1n) is 9.66. The molecular formula is C18H40O11. The summed E-state index contributed by atoms with van der Waals surface area (Å²) < 4.78 is 35.4. The van der Waals surface area contributed by atoms with Crippen LogP contribution in [0.2, 0.25) is 0 Å². The summed E-state index contributed by atoms with van der Waals surface area (Å²) in [4.78, 5) is 9.86. The molecule has 0 bridgehead atoms. The maximum absolute atomic E-state index is 8.50. The van der Waals surface area contributed by atoms with E-state index in [9.17, 15) is 0 Å². The lowest BCUT2D eigenvalue weighted by molar-refractivity contribution is -0.303. The molecule has 0 saturated heterocycles. The molecule has 0 radical (unpaired) electrons. The molecule has 0 aromatic rings. The maximum atomic E-state index is 8.50. The van der Waals surface area contributed by atoms with Gasteiger partial charge in [0, 0.05) is 14.2 Å². The van der Waals surface area contributed by atoms with E-state index < -0.39 is 0 Å². The van der Waals surface area contributed by atoms with Gasteiger partial charge < -0.3 is 43.4 Å². The van der Waals surface area contributed by atoms with Crippen LogP contribution < -0.4 is 0 Å². The topological polar surface area (TPSA) is 124 Å². The number of aliphatic hydroxyl groups is 2. The summed E-state index contributed by atoms with van der Waals surface area (Å²) >= 11 is 0. The van der Waals surface area contributed by atoms with Crippen LogP contribution in [0.1, 0.15) is 0 Å². The zero-order chi connectivity index (χ0) is 21.7. The highest BCUT2D eigenvalue weighted by Gasteiger charge is 1.95. The van der Waals surface area contributed by atoms with Gasteiger partial charge in [-0.05, 0) is 0 Å². The van der Waals surface area contributed by atoms with Crippen LogP contribution in [0, 0.1) is 0 Å². The van der Waals surface area contributed by atoms with E-state index in [2.05, 4.69) is 4.74 Å². The Balaban J connectivity index is 0. The van der Waals surface area contributed by atoms with Crippen molar-refractivity contribution in [3.8, 4) is 0 Å². The summed E-state index contributed by atoms with van der Waals surface area (Å²) in [6.45, 7) is 5.97. The van der Waals surface area contributed by atoms with Crippen LogP contribution in [-0.2, 0) is 42.9 Å². The average molecular weight is 433 g/mol. The van der Waals surface area contributed by atoms with E-state index in [0.29, 0.717) is 92.5 Å². The largest absolute Gasteiger partial charge is 0.394 e. The SMILES string of the molecule is COC.OCCOCCOCCOCCOOCCOCCOCCOCCO. The Morgan fingerprint density at radius 2 is 0.586 bits per heavy atom. The Hall–Kier alpha value is -0.440. The minimum atomic E-state index is 0.0221. The standard InChI is InChI=1S/C16H34O10.C2H6O/c17-1-3-19-5-7-21-9-11-23-13-15-25-26-16-14-24-12-10-22-8-6-20-4-2-18;1-3-2/h17-18H,1-16H2;1-2H3. The first-order valence-corrected chi connectivity index (χ1v) is 9.66. The number of aliphatic hydroxyl groups excluding tert-OH is 2. The zero-order valence-corrected chi connectivity index (χ0v) is 17.9. The summed E-state index contributed by atoms with van der Waals surface area (Å²) in [5.41, 5.74) is 0. The molecule has 2 N–H and O–H groups in total. The molecule has 0 heterocycles. The van der Waals surface area contributed by atoms with Crippen LogP contribution in [-0.4, -0.2) is 130 Å². The normalized spacial score (nSPS) is 10.8. The highest BCUT2D eigenvalue weighted by Crippen LogP contribution is 1.86. The van der Waals surface area contributed by atoms with Gasteiger partial charge in [-0.1, -0.05) is 0 Å². The molecule has 0 aliphatic carbocycles. The molecule has 29 heavy (non-hydrogen) atoms. The minimum absolute atomic E-state index is 0.0221. The number of hydrogen-bond acceptors (Lipinski definition) is 11. The van der Waals surface area contributed by atoms with Crippen molar-refractivity contribution >= 4 is 0 Å². The van der Waals surface area contributed by atoms with Gasteiger partial charge in [-0.3, -0.25) is 0 Å². The van der Waals surface area contributed by atoms with E-state index in [1.54, 1.807) is 14.2 Å². The second kappa shape index (κ2) is 32.2. The smallest absolute Gasteiger partial charge is 0.106 e. The average Bonchev–Trinajstić information content (AvgIpc) is 2.72. The predicted molar refractivity (Wildman–Crippen MR) is 104 cm³/mol. The van der Waals surface area contributed by atoms with E-state index in [1.807, 2.05) is 0 Å². The Bertz CT molecular complexity index is 236. The molecule has 0 amide bonds. The maximum Gasteiger partial charge on any atom is 0.106 e. The third-order valence-corrected chi connectivity index (χ3v) is 2.66. The van der Waals surface area contributed by atoms with Crippen LogP contribution in [0.4, 0.5) is 0 Å². The van der Waals surface area contributed by atoms with E-state index in [0.717, 1.165) is 0 Å². The molecular weight excluding hydrogens is 392 g/mol. The quantitative estimate of drug-likeness (QED) is 0.121. The Kier molecular flexibility index (Phi) is 34.2. The van der Waals surface area contributed by atoms with Gasteiger partial charge in [0.15, 0.2) is 0 Å². The molecule has 0 fully saturated rings. The van der Waals surface area contributed by atoms with E-state index in [-0.39, 0.29) is 13.2 Å². The van der Waals surface area contributed by atoms with Crippen molar-refractivity contribution in [3.05, 3.63) is 0 Å². The van der Waals surface area contributed by atoms with Gasteiger partial charge in [-0.15, -0.1) is 0 Å². The fourth-order valence-electron chi connectivity index (χ4n) is 1.52. The van der Waals surface area contributed by atoms with Crippen molar-refractivity contribution in [2.24, 2.45) is 0 Å². The van der Waals surface area contributed by atoms with Gasteiger partial charge in [-0.2, -0.15) is 0 Å². The predicted octanol–water partition coefficient (Wildman–Crippen LogP) is -0.719. The fourth-order valence-corrected chi connectivity index (χ4v) is 1.52. The van der Waals surface area contributed by atoms with Gasteiger partial charge in [0.1, 0.15) is 13.2 Å². The lowest BCUT2D eigenvalue weighted by atomic mass is 10.7. The lowest BCUT2D eigenvalue weighted by Gasteiger charge is -2.08. The second-order valence-corrected chi connectivity index (χ2v) is 5.17. The molecule has 0 spiro atoms. The van der Waals surface area contributed by atoms with Crippen molar-refractivity contribution < 1.29 is 53.1 Å². The summed E-state index contributed by atoms with van der Waals surface area (Å²) in [5, 5.41) is 17.0. The number of hydrogen-bond donors (Lipinski definition) is 2. The molecule has 0 rings (SSSR count). The summed E-state index contributed by atoms with van der Waals surface area (Å²) in [5.74, 6) is 0. The van der Waals surface area contributed by atoms with Crippen LogP contribution in [0.15, 0.2) is 0 Å². The molecule has 0 aliphatic heterocycles. The number of methoxy groups -OCH3 is 1. The molecule has 0 atom stereocenters. The Labute approximate surface area is 173 Å². The molecule has 0 unspecified atom stereocenters. The monoisotopic (exact) mass is 432 g/mol. The van der Waals surface area contributed by atoms with Gasteiger partial charge >= 0.3 is 0 Å². The highest BCUT2D eigenvalue weighted by atomic mass is 17.2. The molecule has 0 aliphatic rings. The molecule has 0 aromatic heterocycles. The van der Waals surface area contributed by atoms with Crippen LogP contribution in [0.3, 0.4) is 0 Å². The molecule has 11 nitrogen and oxygen atoms in total. The van der Waals surface area contributed by atoms with Crippen LogP contribution >= 0.6 is 0 Å². The molecule has 11 heteroatoms. The van der Waals surface area contributed by atoms with Crippen molar-refractivity contribution in [3.63, 3.8) is 0 Å². The minimum Gasteiger partial charge on any atom is -0.394 e. The van der Waals surface area contributed by atoms with Gasteiger partial charge in [0.25, 0.3) is 0 Å². The van der Waals surface area contributed by atoms with Gasteiger partial charge in [0.2, 0.25) is 0 Å². The van der Waals surface area contributed by atoms with Crippen LogP contribution in [0.5, 0.6) is 0 Å². The summed E-state index contributed by atoms with van der Waals surface area (Å²) in [7, 11) is 3.25. The number of rotatable bonds is 23. The van der Waals surface area contributed by atoms with Gasteiger partial charge in [0.05, 0.1) is 92.5 Å². The van der Waals surface area contributed by atoms with Gasteiger partial charge in [-0.25, -0.2) is 9.78 Å². The second-order valence-electron chi connectivity index (χ2n) is 5.17. The first-order chi connectivity index (χ1) is 14.3. The Morgan fingerprint density at radius 3 is 0.828 bits per heavy atom. The Morgan fingerprint density at radius 1 is 0.379 bits per heavy atom. The molecule has 0 saturated carbocycles. The van der Waals surface area contributed by atoms with Crippen LogP contribution in [0.25, 0.3) is 0 Å². The molecule has 178 valence electrons. The summed E-state index contributed by atoms with van der Waals surface area (Å²) in [6, 6.07) is 0. The van der Waals surface area contributed by atoms with Crippen molar-refractivity contribution in [1.82, 2.24) is 0 Å².